The molecule has 3 heterocycles. The van der Waals surface area contributed by atoms with E-state index in [9.17, 15) is 0 Å². The van der Waals surface area contributed by atoms with E-state index < -0.39 is 0 Å². The van der Waals surface area contributed by atoms with Crippen molar-refractivity contribution in [2.45, 2.75) is 45.2 Å². The van der Waals surface area contributed by atoms with Gasteiger partial charge in [-0.3, -0.25) is 4.90 Å². The lowest BCUT2D eigenvalue weighted by molar-refractivity contribution is 0.0376. The molecule has 3 N–H and O–H groups in total. The number of hydrogen-bond donors (Lipinski definition) is 2. The summed E-state index contributed by atoms with van der Waals surface area (Å²) in [5.41, 5.74) is 5.96. The van der Waals surface area contributed by atoms with Crippen LogP contribution in [-0.4, -0.2) is 65.0 Å². The van der Waals surface area contributed by atoms with Gasteiger partial charge in [-0.05, 0) is 25.8 Å². The van der Waals surface area contributed by atoms with Crippen LogP contribution in [0.3, 0.4) is 0 Å². The quantitative estimate of drug-likeness (QED) is 0.436. The van der Waals surface area contributed by atoms with Gasteiger partial charge in [-0.1, -0.05) is 6.42 Å². The number of rotatable bonds is 6. The molecule has 0 aromatic carbocycles. The van der Waals surface area contributed by atoms with Gasteiger partial charge in [0.15, 0.2) is 11.8 Å². The SMILES string of the molecule is NC(=NCc1nnc2n1CCCCC2)NCCCN1CCOCC1. The zero-order chi connectivity index (χ0) is 16.6. The highest BCUT2D eigenvalue weighted by Crippen LogP contribution is 2.14. The highest BCUT2D eigenvalue weighted by molar-refractivity contribution is 5.77. The van der Waals surface area contributed by atoms with Crippen molar-refractivity contribution >= 4 is 5.96 Å². The molecule has 0 atom stereocenters. The maximum Gasteiger partial charge on any atom is 0.189 e. The zero-order valence-electron chi connectivity index (χ0n) is 14.4. The number of nitrogens with one attached hydrogen (secondary N) is 1. The Kier molecular flexibility index (Phi) is 6.42. The number of aromatic nitrogens is 3. The van der Waals surface area contributed by atoms with Gasteiger partial charge in [0.1, 0.15) is 12.4 Å². The van der Waals surface area contributed by atoms with Gasteiger partial charge in [0.25, 0.3) is 0 Å². The molecule has 0 aliphatic carbocycles. The molecule has 1 aromatic rings. The van der Waals surface area contributed by atoms with Crippen molar-refractivity contribution in [2.24, 2.45) is 10.7 Å². The minimum absolute atomic E-state index is 0.489. The van der Waals surface area contributed by atoms with Gasteiger partial charge in [0.05, 0.1) is 13.2 Å². The summed E-state index contributed by atoms with van der Waals surface area (Å²) in [4.78, 5) is 6.84. The summed E-state index contributed by atoms with van der Waals surface area (Å²) < 4.78 is 7.56. The molecular weight excluding hydrogens is 306 g/mol. The Morgan fingerprint density at radius 1 is 1.17 bits per heavy atom. The number of ether oxygens (including phenoxy) is 1. The Hall–Kier alpha value is -1.67. The van der Waals surface area contributed by atoms with Crippen LogP contribution in [0.5, 0.6) is 0 Å². The van der Waals surface area contributed by atoms with Crippen LogP contribution in [0.2, 0.25) is 0 Å². The number of fused-ring (bicyclic) bond motifs is 1. The first-order valence-corrected chi connectivity index (χ1v) is 9.08. The lowest BCUT2D eigenvalue weighted by Crippen LogP contribution is -2.39. The predicted molar refractivity (Wildman–Crippen MR) is 92.8 cm³/mol. The number of nitrogens with zero attached hydrogens (tertiary/aromatic N) is 5. The molecule has 1 saturated heterocycles. The first-order chi connectivity index (χ1) is 11.8. The van der Waals surface area contributed by atoms with E-state index in [-0.39, 0.29) is 0 Å². The number of morpholine rings is 1. The van der Waals surface area contributed by atoms with E-state index in [2.05, 4.69) is 30.0 Å². The molecule has 0 spiro atoms. The van der Waals surface area contributed by atoms with Crippen molar-refractivity contribution in [3.05, 3.63) is 11.6 Å². The normalized spacial score (nSPS) is 19.8. The monoisotopic (exact) mass is 335 g/mol. The summed E-state index contributed by atoms with van der Waals surface area (Å²) in [7, 11) is 0. The molecule has 2 aliphatic heterocycles. The van der Waals surface area contributed by atoms with E-state index >= 15 is 0 Å². The minimum atomic E-state index is 0.489. The van der Waals surface area contributed by atoms with Gasteiger partial charge in [-0.25, -0.2) is 4.99 Å². The van der Waals surface area contributed by atoms with Crippen molar-refractivity contribution in [1.29, 1.82) is 0 Å². The third kappa shape index (κ3) is 4.91. The second kappa shape index (κ2) is 8.98. The maximum atomic E-state index is 5.96. The van der Waals surface area contributed by atoms with E-state index in [4.69, 9.17) is 10.5 Å². The number of aliphatic imine (C=N–C) groups is 1. The highest BCUT2D eigenvalue weighted by Gasteiger charge is 2.14. The van der Waals surface area contributed by atoms with Gasteiger partial charge in [-0.2, -0.15) is 0 Å². The minimum Gasteiger partial charge on any atom is -0.379 e. The second-order valence-corrected chi connectivity index (χ2v) is 6.43. The van der Waals surface area contributed by atoms with Crippen LogP contribution in [0.4, 0.5) is 0 Å². The summed E-state index contributed by atoms with van der Waals surface area (Å²) in [5.74, 6) is 2.50. The van der Waals surface area contributed by atoms with Crippen LogP contribution < -0.4 is 11.1 Å². The molecule has 3 rings (SSSR count). The zero-order valence-corrected chi connectivity index (χ0v) is 14.4. The second-order valence-electron chi connectivity index (χ2n) is 6.43. The Balaban J connectivity index is 1.39. The van der Waals surface area contributed by atoms with Crippen LogP contribution in [0.25, 0.3) is 0 Å². The summed E-state index contributed by atoms with van der Waals surface area (Å²) in [6.07, 6.45) is 5.73. The first-order valence-electron chi connectivity index (χ1n) is 9.08. The molecule has 1 aromatic heterocycles. The van der Waals surface area contributed by atoms with Crippen LogP contribution in [0, 0.1) is 0 Å². The molecule has 24 heavy (non-hydrogen) atoms. The third-order valence-corrected chi connectivity index (χ3v) is 4.64. The standard InChI is InChI=1S/C16H29N7O/c17-16(18-6-4-7-22-9-11-24-12-10-22)19-13-15-21-20-14-5-2-1-3-8-23(14)15/h1-13H2,(H3,17,18,19). The van der Waals surface area contributed by atoms with Gasteiger partial charge < -0.3 is 20.4 Å². The molecule has 1 fully saturated rings. The molecular formula is C16H29N7O. The van der Waals surface area contributed by atoms with Crippen LogP contribution in [-0.2, 0) is 24.2 Å². The van der Waals surface area contributed by atoms with Crippen LogP contribution in [0.15, 0.2) is 4.99 Å². The third-order valence-electron chi connectivity index (χ3n) is 4.64. The van der Waals surface area contributed by atoms with Crippen LogP contribution >= 0.6 is 0 Å². The molecule has 2 aliphatic rings. The fourth-order valence-electron chi connectivity index (χ4n) is 3.22. The molecule has 0 unspecified atom stereocenters. The predicted octanol–water partition coefficient (Wildman–Crippen LogP) is 0.131. The fraction of sp³-hybridized carbons (Fsp3) is 0.812. The van der Waals surface area contributed by atoms with E-state index in [0.29, 0.717) is 12.5 Å². The van der Waals surface area contributed by atoms with Crippen molar-refractivity contribution in [3.63, 3.8) is 0 Å². The maximum absolute atomic E-state index is 5.96. The van der Waals surface area contributed by atoms with Crippen LogP contribution in [0.1, 0.15) is 37.3 Å². The van der Waals surface area contributed by atoms with Gasteiger partial charge >= 0.3 is 0 Å². The fourth-order valence-corrected chi connectivity index (χ4v) is 3.22. The molecule has 8 heteroatoms. The smallest absolute Gasteiger partial charge is 0.189 e. The number of hydrogen-bond acceptors (Lipinski definition) is 5. The van der Waals surface area contributed by atoms with Crippen molar-refractivity contribution in [1.82, 2.24) is 25.0 Å². The molecule has 0 amide bonds. The van der Waals surface area contributed by atoms with E-state index in [0.717, 1.165) is 70.4 Å². The number of nitrogens with two attached hydrogens (primary N) is 1. The van der Waals surface area contributed by atoms with Gasteiger partial charge in [0.2, 0.25) is 0 Å². The van der Waals surface area contributed by atoms with E-state index in [1.54, 1.807) is 0 Å². The lowest BCUT2D eigenvalue weighted by Gasteiger charge is -2.26. The van der Waals surface area contributed by atoms with Crippen molar-refractivity contribution in [2.75, 3.05) is 39.4 Å². The van der Waals surface area contributed by atoms with Crippen molar-refractivity contribution < 1.29 is 4.74 Å². The Labute approximate surface area is 143 Å². The Morgan fingerprint density at radius 2 is 2.04 bits per heavy atom. The topological polar surface area (TPSA) is 93.6 Å². The van der Waals surface area contributed by atoms with Gasteiger partial charge in [0, 0.05) is 32.6 Å². The number of guanidine groups is 1. The first kappa shape index (κ1) is 17.2. The summed E-state index contributed by atoms with van der Waals surface area (Å²) in [6.45, 7) is 7.16. The van der Waals surface area contributed by atoms with E-state index in [1.807, 2.05) is 0 Å². The molecule has 134 valence electrons. The molecule has 0 bridgehead atoms. The summed E-state index contributed by atoms with van der Waals surface area (Å²) in [5, 5.41) is 11.8. The average Bonchev–Trinajstić information content (AvgIpc) is 2.84. The number of aryl methyl sites for hydroxylation is 1. The summed E-state index contributed by atoms with van der Waals surface area (Å²) >= 11 is 0. The van der Waals surface area contributed by atoms with Crippen molar-refractivity contribution in [3.8, 4) is 0 Å². The van der Waals surface area contributed by atoms with E-state index in [1.165, 1.54) is 19.3 Å². The average molecular weight is 335 g/mol. The lowest BCUT2D eigenvalue weighted by atomic mass is 10.2. The molecule has 0 saturated carbocycles. The molecule has 8 nitrogen and oxygen atoms in total. The summed E-state index contributed by atoms with van der Waals surface area (Å²) in [6, 6.07) is 0. The van der Waals surface area contributed by atoms with Gasteiger partial charge in [-0.15, -0.1) is 10.2 Å². The Bertz CT molecular complexity index is 537. The largest absolute Gasteiger partial charge is 0.379 e. The molecule has 0 radical (unpaired) electrons. The highest BCUT2D eigenvalue weighted by atomic mass is 16.5. The Morgan fingerprint density at radius 3 is 2.92 bits per heavy atom.